The van der Waals surface area contributed by atoms with Gasteiger partial charge < -0.3 is 10.1 Å². The molecule has 25 heavy (non-hydrogen) atoms. The zero-order valence-electron chi connectivity index (χ0n) is 14.9. The van der Waals surface area contributed by atoms with Crippen molar-refractivity contribution in [3.05, 3.63) is 60.2 Å². The highest BCUT2D eigenvalue weighted by atomic mass is 16.5. The molecule has 3 saturated carbocycles. The summed E-state index contributed by atoms with van der Waals surface area (Å²) in [5, 5.41) is 3.71. The van der Waals surface area contributed by atoms with E-state index in [9.17, 15) is 4.79 Å². The van der Waals surface area contributed by atoms with Crippen LogP contribution in [-0.2, 0) is 10.2 Å². The van der Waals surface area contributed by atoms with Crippen molar-refractivity contribution < 1.29 is 9.53 Å². The summed E-state index contributed by atoms with van der Waals surface area (Å²) < 4.78 is 5.25. The molecule has 0 aliphatic heterocycles. The topological polar surface area (TPSA) is 38.3 Å². The van der Waals surface area contributed by atoms with Gasteiger partial charge in [0.25, 0.3) is 0 Å². The molecule has 0 spiro atoms. The molecule has 2 aromatic rings. The van der Waals surface area contributed by atoms with Crippen LogP contribution in [0.15, 0.2) is 54.6 Å². The summed E-state index contributed by atoms with van der Waals surface area (Å²) in [6, 6.07) is 18.8. The molecule has 0 radical (unpaired) electrons. The molecule has 0 aromatic heterocycles. The second-order valence-electron chi connectivity index (χ2n) is 7.55. The second-order valence-corrected chi connectivity index (χ2v) is 7.55. The number of Topliss-reactive ketones (excluding diaryl/α,β-unsaturated/α-hetero) is 1. The van der Waals surface area contributed by atoms with E-state index >= 15 is 0 Å². The maximum atomic E-state index is 12.6. The van der Waals surface area contributed by atoms with Crippen LogP contribution in [-0.4, -0.2) is 18.9 Å². The van der Waals surface area contributed by atoms with Gasteiger partial charge in [0.2, 0.25) is 0 Å². The van der Waals surface area contributed by atoms with Crippen LogP contribution in [0.3, 0.4) is 0 Å². The molecule has 2 aromatic carbocycles. The van der Waals surface area contributed by atoms with Crippen LogP contribution in [0.1, 0.15) is 31.7 Å². The lowest BCUT2D eigenvalue weighted by molar-refractivity contribution is -0.133. The number of hydrogen-bond donors (Lipinski definition) is 1. The van der Waals surface area contributed by atoms with Crippen molar-refractivity contribution in [2.75, 3.05) is 12.4 Å². The minimum atomic E-state index is -0.0297. The van der Waals surface area contributed by atoms with E-state index in [1.807, 2.05) is 24.3 Å². The van der Waals surface area contributed by atoms with Gasteiger partial charge in [0, 0.05) is 29.5 Å². The van der Waals surface area contributed by atoms with E-state index in [0.29, 0.717) is 11.7 Å². The van der Waals surface area contributed by atoms with Crippen LogP contribution in [0.4, 0.5) is 5.69 Å². The maximum Gasteiger partial charge on any atom is 0.138 e. The van der Waals surface area contributed by atoms with Gasteiger partial charge in [0.05, 0.1) is 7.11 Å². The fourth-order valence-electron chi connectivity index (χ4n) is 4.90. The largest absolute Gasteiger partial charge is 0.497 e. The highest BCUT2D eigenvalue weighted by Gasteiger charge is 2.55. The Balaban J connectivity index is 1.71. The van der Waals surface area contributed by atoms with Gasteiger partial charge in [-0.05, 0) is 48.6 Å². The third-order valence-electron chi connectivity index (χ3n) is 6.39. The Morgan fingerprint density at radius 2 is 1.76 bits per heavy atom. The van der Waals surface area contributed by atoms with Crippen LogP contribution < -0.4 is 10.1 Å². The summed E-state index contributed by atoms with van der Waals surface area (Å²) in [5.74, 6) is 1.77. The summed E-state index contributed by atoms with van der Waals surface area (Å²) in [7, 11) is 1.67. The average Bonchev–Trinajstić information content (AvgIpc) is 2.66. The van der Waals surface area contributed by atoms with Crippen LogP contribution in [0.5, 0.6) is 5.75 Å². The van der Waals surface area contributed by atoms with Gasteiger partial charge in [-0.25, -0.2) is 0 Å². The van der Waals surface area contributed by atoms with Crippen molar-refractivity contribution in [2.45, 2.75) is 37.6 Å². The van der Waals surface area contributed by atoms with E-state index < -0.39 is 0 Å². The smallest absolute Gasteiger partial charge is 0.138 e. The monoisotopic (exact) mass is 335 g/mol. The number of anilines is 1. The van der Waals surface area contributed by atoms with Crippen molar-refractivity contribution in [3.8, 4) is 5.75 Å². The Kier molecular flexibility index (Phi) is 4.03. The molecule has 3 heteroatoms. The minimum Gasteiger partial charge on any atom is -0.497 e. The van der Waals surface area contributed by atoms with E-state index in [1.165, 1.54) is 5.56 Å². The summed E-state index contributed by atoms with van der Waals surface area (Å²) >= 11 is 0. The molecule has 2 bridgehead atoms. The number of nitrogens with one attached hydrogen (secondary N) is 1. The zero-order chi connectivity index (χ0) is 17.4. The van der Waals surface area contributed by atoms with Crippen molar-refractivity contribution in [1.82, 2.24) is 0 Å². The summed E-state index contributed by atoms with van der Waals surface area (Å²) in [5.41, 5.74) is 2.36. The first-order valence-corrected chi connectivity index (χ1v) is 9.11. The van der Waals surface area contributed by atoms with E-state index in [2.05, 4.69) is 42.6 Å². The van der Waals surface area contributed by atoms with Crippen LogP contribution in [0.25, 0.3) is 0 Å². The number of carbonyl (C=O) groups is 1. The predicted molar refractivity (Wildman–Crippen MR) is 100 cm³/mol. The Hall–Kier alpha value is -2.29. The van der Waals surface area contributed by atoms with E-state index in [-0.39, 0.29) is 17.4 Å². The van der Waals surface area contributed by atoms with Crippen molar-refractivity contribution in [2.24, 2.45) is 11.8 Å². The highest BCUT2D eigenvalue weighted by Crippen LogP contribution is 2.53. The fourth-order valence-corrected chi connectivity index (χ4v) is 4.90. The Bertz CT molecular complexity index is 755. The molecule has 4 atom stereocenters. The molecule has 0 heterocycles. The predicted octanol–water partition coefficient (Wildman–Crippen LogP) is 4.43. The van der Waals surface area contributed by atoms with Crippen molar-refractivity contribution in [1.29, 1.82) is 0 Å². The van der Waals surface area contributed by atoms with Gasteiger partial charge in [-0.2, -0.15) is 0 Å². The third-order valence-corrected chi connectivity index (χ3v) is 6.39. The molecule has 3 fully saturated rings. The lowest BCUT2D eigenvalue weighted by Gasteiger charge is -2.55. The molecule has 0 saturated heterocycles. The van der Waals surface area contributed by atoms with Gasteiger partial charge in [-0.15, -0.1) is 0 Å². The SMILES string of the molecule is COc1ccc(NC2C3CCC(CC3=O)C2(C)c2ccccc2)cc1. The zero-order valence-corrected chi connectivity index (χ0v) is 14.9. The molecule has 5 rings (SSSR count). The van der Waals surface area contributed by atoms with Gasteiger partial charge in [0.1, 0.15) is 11.5 Å². The fraction of sp³-hybridized carbons (Fsp3) is 0.409. The molecule has 3 aliphatic carbocycles. The lowest BCUT2D eigenvalue weighted by Crippen LogP contribution is -2.61. The van der Waals surface area contributed by atoms with Crippen molar-refractivity contribution >= 4 is 11.5 Å². The Morgan fingerprint density at radius 3 is 2.40 bits per heavy atom. The molecule has 1 N–H and O–H groups in total. The quantitative estimate of drug-likeness (QED) is 0.898. The molecule has 3 aliphatic rings. The Labute approximate surface area is 149 Å². The maximum absolute atomic E-state index is 12.6. The highest BCUT2D eigenvalue weighted by molar-refractivity contribution is 5.85. The van der Waals surface area contributed by atoms with Gasteiger partial charge in [0.15, 0.2) is 0 Å². The number of rotatable bonds is 4. The lowest BCUT2D eigenvalue weighted by atomic mass is 9.51. The Morgan fingerprint density at radius 1 is 1.04 bits per heavy atom. The molecule has 4 unspecified atom stereocenters. The number of ether oxygens (including phenoxy) is 1. The third kappa shape index (κ3) is 2.62. The van der Waals surface area contributed by atoms with E-state index in [0.717, 1.165) is 30.7 Å². The first kappa shape index (κ1) is 16.2. The minimum absolute atomic E-state index is 0.0297. The van der Waals surface area contributed by atoms with Gasteiger partial charge >= 0.3 is 0 Å². The van der Waals surface area contributed by atoms with Crippen LogP contribution in [0, 0.1) is 11.8 Å². The average molecular weight is 335 g/mol. The number of benzene rings is 2. The number of ketones is 1. The number of fused-ring (bicyclic) bond motifs is 3. The van der Waals surface area contributed by atoms with Crippen LogP contribution in [0.2, 0.25) is 0 Å². The first-order valence-electron chi connectivity index (χ1n) is 9.11. The molecular formula is C22H25NO2. The standard InChI is InChI=1S/C22H25NO2/c1-22(15-6-4-3-5-7-15)16-8-13-19(20(24)14-16)21(22)23-17-9-11-18(25-2)12-10-17/h3-7,9-12,16,19,21,23H,8,13-14H2,1-2H3. The number of methoxy groups -OCH3 is 1. The van der Waals surface area contributed by atoms with E-state index in [1.54, 1.807) is 7.11 Å². The summed E-state index contributed by atoms with van der Waals surface area (Å²) in [6.45, 7) is 2.34. The molecule has 3 nitrogen and oxygen atoms in total. The normalized spacial score (nSPS) is 31.0. The molecular weight excluding hydrogens is 310 g/mol. The van der Waals surface area contributed by atoms with E-state index in [4.69, 9.17) is 4.74 Å². The van der Waals surface area contributed by atoms with Crippen molar-refractivity contribution in [3.63, 3.8) is 0 Å². The first-order chi connectivity index (χ1) is 12.1. The molecule has 130 valence electrons. The number of carbonyl (C=O) groups excluding carboxylic acids is 1. The number of hydrogen-bond acceptors (Lipinski definition) is 3. The second kappa shape index (κ2) is 6.21. The van der Waals surface area contributed by atoms with Gasteiger partial charge in [-0.3, -0.25) is 4.79 Å². The molecule has 0 amide bonds. The van der Waals surface area contributed by atoms with Gasteiger partial charge in [-0.1, -0.05) is 37.3 Å². The summed E-state index contributed by atoms with van der Waals surface area (Å²) in [6.07, 6.45) is 2.86. The summed E-state index contributed by atoms with van der Waals surface area (Å²) in [4.78, 5) is 12.6. The van der Waals surface area contributed by atoms with Crippen LogP contribution >= 0.6 is 0 Å².